The maximum absolute atomic E-state index is 12.7. The van der Waals surface area contributed by atoms with Gasteiger partial charge in [0.25, 0.3) is 0 Å². The maximum Gasteiger partial charge on any atom is 0.472 e. The minimum atomic E-state index is -4.27. The first kappa shape index (κ1) is 57.5. The Labute approximate surface area is 361 Å². The lowest BCUT2D eigenvalue weighted by Gasteiger charge is -2.24. The molecule has 0 aromatic rings. The Hall–Kier alpha value is -0.500. The van der Waals surface area contributed by atoms with Crippen LogP contribution in [0.2, 0.25) is 0 Å². The van der Waals surface area contributed by atoms with Crippen LogP contribution in [0.1, 0.15) is 251 Å². The van der Waals surface area contributed by atoms with Crippen molar-refractivity contribution in [2.24, 2.45) is 0 Å². The Bertz CT molecular complexity index is 899. The van der Waals surface area contributed by atoms with Crippen LogP contribution in [0.3, 0.4) is 0 Å². The summed E-state index contributed by atoms with van der Waals surface area (Å²) in [6, 6.07) is 0. The number of esters is 1. The minimum absolute atomic E-state index is 0.0941. The molecule has 0 aromatic heterocycles. The van der Waals surface area contributed by atoms with Crippen LogP contribution in [-0.2, 0) is 27.9 Å². The van der Waals surface area contributed by atoms with E-state index in [9.17, 15) is 14.3 Å². The smallest absolute Gasteiger partial charge is 0.457 e. The Morgan fingerprint density at radius 1 is 0.466 bits per heavy atom. The highest BCUT2D eigenvalue weighted by molar-refractivity contribution is 7.47. The Morgan fingerprint density at radius 3 is 1.14 bits per heavy atom. The Kier molecular flexibility index (Phi) is 42.8. The summed E-state index contributed by atoms with van der Waals surface area (Å²) >= 11 is 0. The molecule has 0 spiro atoms. The first-order chi connectivity index (χ1) is 28.1. The average molecular weight is 847 g/mol. The molecular weight excluding hydrogens is 746 g/mol. The van der Waals surface area contributed by atoms with Gasteiger partial charge in [0.2, 0.25) is 0 Å². The molecule has 0 aliphatic carbocycles. The van der Waals surface area contributed by atoms with Crippen LogP contribution in [0.15, 0.2) is 0 Å². The highest BCUT2D eigenvalue weighted by Crippen LogP contribution is 2.43. The second-order valence-electron chi connectivity index (χ2n) is 18.6. The van der Waals surface area contributed by atoms with Gasteiger partial charge in [0.05, 0.1) is 34.4 Å². The Balaban J connectivity index is 4.04. The molecular formula is C49H101NO7P+. The number of likely N-dealkylation sites (N-methyl/N-ethyl adjacent to an activating group) is 1. The lowest BCUT2D eigenvalue weighted by molar-refractivity contribution is -0.870. The number of ether oxygens (including phenoxy) is 2. The van der Waals surface area contributed by atoms with Crippen molar-refractivity contribution in [2.75, 3.05) is 54.1 Å². The van der Waals surface area contributed by atoms with Gasteiger partial charge in [-0.3, -0.25) is 13.8 Å². The summed E-state index contributed by atoms with van der Waals surface area (Å²) in [5.74, 6) is -0.305. The summed E-state index contributed by atoms with van der Waals surface area (Å²) in [7, 11) is 1.69. The predicted octanol–water partition coefficient (Wildman–Crippen LogP) is 15.2. The van der Waals surface area contributed by atoms with Crippen LogP contribution in [0.5, 0.6) is 0 Å². The SMILES string of the molecule is CCCCCCCCCCCCCCCCCCCCCCCCCC(=O)OC(COCCCCCCCCCCCCCCC)COP(=O)(O)OCC[N+](C)(C)C. The number of phosphoric ester groups is 1. The molecule has 58 heavy (non-hydrogen) atoms. The second kappa shape index (κ2) is 43.2. The van der Waals surface area contributed by atoms with Crippen molar-refractivity contribution in [3.05, 3.63) is 0 Å². The van der Waals surface area contributed by atoms with Crippen LogP contribution < -0.4 is 0 Å². The van der Waals surface area contributed by atoms with Gasteiger partial charge in [0.1, 0.15) is 19.3 Å². The molecule has 0 fully saturated rings. The molecule has 0 heterocycles. The van der Waals surface area contributed by atoms with Gasteiger partial charge < -0.3 is 18.9 Å². The zero-order chi connectivity index (χ0) is 42.7. The fourth-order valence-corrected chi connectivity index (χ4v) is 8.24. The minimum Gasteiger partial charge on any atom is -0.457 e. The van der Waals surface area contributed by atoms with Crippen molar-refractivity contribution in [1.29, 1.82) is 0 Å². The standard InChI is InChI=1S/C49H100NO7P/c1-6-8-10-12-14-16-18-20-21-22-23-24-25-26-27-28-29-30-32-34-36-38-40-42-49(51)57-48(47-56-58(52,53)55-45-43-50(3,4)5)46-54-44-41-39-37-35-33-31-19-17-15-13-11-9-7-2/h48H,6-47H2,1-5H3/p+1. The first-order valence-electron chi connectivity index (χ1n) is 25.3. The molecule has 0 amide bonds. The molecule has 8 nitrogen and oxygen atoms in total. The largest absolute Gasteiger partial charge is 0.472 e. The third-order valence-corrected chi connectivity index (χ3v) is 12.4. The van der Waals surface area contributed by atoms with Gasteiger partial charge in [-0.25, -0.2) is 4.57 Å². The summed E-state index contributed by atoms with van der Waals surface area (Å²) in [4.78, 5) is 23.0. The van der Waals surface area contributed by atoms with Crippen molar-refractivity contribution in [3.8, 4) is 0 Å². The van der Waals surface area contributed by atoms with E-state index in [0.717, 1.165) is 32.1 Å². The summed E-state index contributed by atoms with van der Waals surface area (Å²) in [6.45, 7) is 5.69. The van der Waals surface area contributed by atoms with Gasteiger partial charge in [0.15, 0.2) is 0 Å². The van der Waals surface area contributed by atoms with Crippen molar-refractivity contribution in [1.82, 2.24) is 0 Å². The molecule has 0 radical (unpaired) electrons. The van der Waals surface area contributed by atoms with Gasteiger partial charge in [-0.05, 0) is 12.8 Å². The fourth-order valence-electron chi connectivity index (χ4n) is 7.50. The molecule has 9 heteroatoms. The lowest BCUT2D eigenvalue weighted by atomic mass is 10.0. The molecule has 348 valence electrons. The van der Waals surface area contributed by atoms with Gasteiger partial charge in [0, 0.05) is 13.0 Å². The predicted molar refractivity (Wildman–Crippen MR) is 248 cm³/mol. The van der Waals surface area contributed by atoms with E-state index in [2.05, 4.69) is 13.8 Å². The van der Waals surface area contributed by atoms with E-state index in [-0.39, 0.29) is 25.8 Å². The van der Waals surface area contributed by atoms with E-state index in [1.807, 2.05) is 21.1 Å². The molecule has 0 aromatic carbocycles. The monoisotopic (exact) mass is 847 g/mol. The molecule has 0 rings (SSSR count). The van der Waals surface area contributed by atoms with E-state index in [1.165, 1.54) is 199 Å². The average Bonchev–Trinajstić information content (AvgIpc) is 3.18. The quantitative estimate of drug-likeness (QED) is 0.0282. The summed E-state index contributed by atoms with van der Waals surface area (Å²) in [6.07, 6.45) is 47.2. The van der Waals surface area contributed by atoms with Gasteiger partial charge in [-0.1, -0.05) is 232 Å². The molecule has 0 aliphatic rings. The van der Waals surface area contributed by atoms with Crippen molar-refractivity contribution in [3.63, 3.8) is 0 Å². The molecule has 0 bridgehead atoms. The number of nitrogens with zero attached hydrogens (tertiary/aromatic N) is 1. The summed E-state index contributed by atoms with van der Waals surface area (Å²) < 4.78 is 35.1. The van der Waals surface area contributed by atoms with E-state index in [1.54, 1.807) is 0 Å². The molecule has 0 saturated heterocycles. The lowest BCUT2D eigenvalue weighted by Crippen LogP contribution is -2.37. The number of carbonyl (C=O) groups is 1. The number of carbonyl (C=O) groups excluding carboxylic acids is 1. The Morgan fingerprint density at radius 2 is 0.793 bits per heavy atom. The highest BCUT2D eigenvalue weighted by Gasteiger charge is 2.26. The van der Waals surface area contributed by atoms with Crippen LogP contribution in [-0.4, -0.2) is 75.6 Å². The number of unbranched alkanes of at least 4 members (excludes halogenated alkanes) is 34. The molecule has 2 atom stereocenters. The van der Waals surface area contributed by atoms with Crippen LogP contribution in [0.4, 0.5) is 0 Å². The van der Waals surface area contributed by atoms with E-state index in [4.69, 9.17) is 18.5 Å². The third kappa shape index (κ3) is 46.6. The molecule has 0 saturated carbocycles. The van der Waals surface area contributed by atoms with Crippen LogP contribution >= 0.6 is 7.82 Å². The fraction of sp³-hybridized carbons (Fsp3) is 0.980. The molecule has 0 aliphatic heterocycles. The normalized spacial score (nSPS) is 13.6. The van der Waals surface area contributed by atoms with Gasteiger partial charge in [-0.15, -0.1) is 0 Å². The van der Waals surface area contributed by atoms with E-state index in [0.29, 0.717) is 24.1 Å². The third-order valence-electron chi connectivity index (χ3n) is 11.4. The maximum atomic E-state index is 12.7. The molecule has 1 N–H and O–H groups in total. The van der Waals surface area contributed by atoms with Gasteiger partial charge >= 0.3 is 13.8 Å². The van der Waals surface area contributed by atoms with E-state index >= 15 is 0 Å². The zero-order valence-electron chi connectivity index (χ0n) is 39.6. The van der Waals surface area contributed by atoms with E-state index < -0.39 is 13.9 Å². The van der Waals surface area contributed by atoms with Crippen LogP contribution in [0, 0.1) is 0 Å². The van der Waals surface area contributed by atoms with Gasteiger partial charge in [-0.2, -0.15) is 0 Å². The summed E-state index contributed by atoms with van der Waals surface area (Å²) in [5, 5.41) is 0. The summed E-state index contributed by atoms with van der Waals surface area (Å²) in [5.41, 5.74) is 0. The van der Waals surface area contributed by atoms with Crippen molar-refractivity contribution in [2.45, 2.75) is 258 Å². The van der Waals surface area contributed by atoms with Crippen LogP contribution in [0.25, 0.3) is 0 Å². The first-order valence-corrected chi connectivity index (χ1v) is 26.8. The highest BCUT2D eigenvalue weighted by atomic mass is 31.2. The number of hydrogen-bond acceptors (Lipinski definition) is 6. The second-order valence-corrected chi connectivity index (χ2v) is 20.0. The topological polar surface area (TPSA) is 91.3 Å². The number of quaternary nitrogens is 1. The number of rotatable bonds is 48. The number of hydrogen-bond donors (Lipinski definition) is 1. The van der Waals surface area contributed by atoms with Crippen molar-refractivity contribution >= 4 is 13.8 Å². The van der Waals surface area contributed by atoms with Crippen molar-refractivity contribution < 1.29 is 37.3 Å². The number of phosphoric acid groups is 1. The zero-order valence-corrected chi connectivity index (χ0v) is 40.5. The molecule has 2 unspecified atom stereocenters.